The second-order valence-electron chi connectivity index (χ2n) is 4.40. The molecule has 0 spiro atoms. The Morgan fingerprint density at radius 2 is 2.44 bits per heavy atom. The fraction of sp³-hybridized carbons (Fsp3) is 0.462. The molecule has 1 aliphatic rings. The van der Waals surface area contributed by atoms with Gasteiger partial charge in [-0.3, -0.25) is 4.79 Å². The Bertz CT molecular complexity index is 453. The van der Waals surface area contributed by atoms with Gasteiger partial charge in [0.2, 0.25) is 5.91 Å². The van der Waals surface area contributed by atoms with Crippen molar-refractivity contribution in [2.45, 2.75) is 36.7 Å². The summed E-state index contributed by atoms with van der Waals surface area (Å²) >= 11 is 7.82. The van der Waals surface area contributed by atoms with E-state index in [0.717, 1.165) is 17.7 Å². The Kier molecular flexibility index (Phi) is 4.54. The SMILES string of the molecule is CC[C@@H](N)C(=O)NC1CCSc2ccc(Cl)cc21. The highest BCUT2D eigenvalue weighted by Gasteiger charge is 2.24. The topological polar surface area (TPSA) is 55.1 Å². The highest BCUT2D eigenvalue weighted by atomic mass is 35.5. The first-order chi connectivity index (χ1) is 8.61. The number of nitrogens with one attached hydrogen (secondary N) is 1. The van der Waals surface area contributed by atoms with Gasteiger partial charge >= 0.3 is 0 Å². The fourth-order valence-electron chi connectivity index (χ4n) is 1.98. The van der Waals surface area contributed by atoms with Crippen molar-refractivity contribution in [3.8, 4) is 0 Å². The summed E-state index contributed by atoms with van der Waals surface area (Å²) in [5.74, 6) is 0.918. The highest BCUT2D eigenvalue weighted by molar-refractivity contribution is 7.99. The van der Waals surface area contributed by atoms with E-state index in [1.807, 2.05) is 25.1 Å². The quantitative estimate of drug-likeness (QED) is 0.897. The number of amides is 1. The first kappa shape index (κ1) is 13.7. The van der Waals surface area contributed by atoms with Crippen LogP contribution in [0.1, 0.15) is 31.4 Å². The molecule has 1 amide bonds. The van der Waals surface area contributed by atoms with Crippen molar-refractivity contribution < 1.29 is 4.79 Å². The van der Waals surface area contributed by atoms with E-state index in [0.29, 0.717) is 11.4 Å². The molecule has 3 N–H and O–H groups in total. The second-order valence-corrected chi connectivity index (χ2v) is 5.97. The van der Waals surface area contributed by atoms with Crippen LogP contribution in [0.2, 0.25) is 5.02 Å². The molecule has 98 valence electrons. The minimum absolute atomic E-state index is 0.0325. The molecule has 0 aliphatic carbocycles. The van der Waals surface area contributed by atoms with Crippen molar-refractivity contribution in [2.24, 2.45) is 5.73 Å². The Morgan fingerprint density at radius 3 is 3.17 bits per heavy atom. The number of fused-ring (bicyclic) bond motifs is 1. The van der Waals surface area contributed by atoms with Gasteiger partial charge in [-0.2, -0.15) is 0 Å². The third-order valence-corrected chi connectivity index (χ3v) is 4.46. The average molecular weight is 285 g/mol. The number of benzene rings is 1. The van der Waals surface area contributed by atoms with Crippen LogP contribution in [0.4, 0.5) is 0 Å². The zero-order chi connectivity index (χ0) is 13.1. The molecule has 18 heavy (non-hydrogen) atoms. The zero-order valence-corrected chi connectivity index (χ0v) is 11.9. The van der Waals surface area contributed by atoms with Crippen molar-refractivity contribution in [3.63, 3.8) is 0 Å². The zero-order valence-electron chi connectivity index (χ0n) is 10.3. The molecule has 1 aromatic rings. The molecule has 0 radical (unpaired) electrons. The lowest BCUT2D eigenvalue weighted by molar-refractivity contribution is -0.123. The van der Waals surface area contributed by atoms with Gasteiger partial charge in [0.25, 0.3) is 0 Å². The number of hydrogen-bond donors (Lipinski definition) is 2. The van der Waals surface area contributed by atoms with Gasteiger partial charge in [0.05, 0.1) is 12.1 Å². The number of carbonyl (C=O) groups excluding carboxylic acids is 1. The summed E-state index contributed by atoms with van der Waals surface area (Å²) in [6.45, 7) is 1.91. The van der Waals surface area contributed by atoms with Crippen LogP contribution in [0, 0.1) is 0 Å². The lowest BCUT2D eigenvalue weighted by Crippen LogP contribution is -2.42. The van der Waals surface area contributed by atoms with Crippen molar-refractivity contribution in [1.29, 1.82) is 0 Å². The van der Waals surface area contributed by atoms with Gasteiger partial charge in [-0.05, 0) is 36.6 Å². The van der Waals surface area contributed by atoms with Crippen molar-refractivity contribution >= 4 is 29.3 Å². The smallest absolute Gasteiger partial charge is 0.237 e. The molecule has 2 rings (SSSR count). The molecule has 0 bridgehead atoms. The number of thioether (sulfide) groups is 1. The molecule has 1 unspecified atom stereocenters. The molecule has 2 atom stereocenters. The van der Waals surface area contributed by atoms with Gasteiger partial charge in [0.15, 0.2) is 0 Å². The number of halogens is 1. The Labute approximate surface area is 116 Å². The van der Waals surface area contributed by atoms with Gasteiger partial charge < -0.3 is 11.1 Å². The first-order valence-corrected chi connectivity index (χ1v) is 7.46. The lowest BCUT2D eigenvalue weighted by Gasteiger charge is -2.27. The first-order valence-electron chi connectivity index (χ1n) is 6.10. The second kappa shape index (κ2) is 5.95. The minimum atomic E-state index is -0.429. The molecular formula is C13H17ClN2OS. The standard InChI is InChI=1S/C13H17ClN2OS/c1-2-10(15)13(17)16-11-5-6-18-12-4-3-8(14)7-9(11)12/h3-4,7,10-11H,2,5-6,15H2,1H3,(H,16,17)/t10-,11?/m1/s1. The Balaban J connectivity index is 2.17. The van der Waals surface area contributed by atoms with Gasteiger partial charge in [-0.1, -0.05) is 18.5 Å². The van der Waals surface area contributed by atoms with Crippen LogP contribution in [0.3, 0.4) is 0 Å². The van der Waals surface area contributed by atoms with Crippen LogP contribution in [0.25, 0.3) is 0 Å². The molecule has 1 heterocycles. The van der Waals surface area contributed by atoms with Crippen molar-refractivity contribution in [2.75, 3.05) is 5.75 Å². The Morgan fingerprint density at radius 1 is 1.67 bits per heavy atom. The molecule has 0 saturated carbocycles. The monoisotopic (exact) mass is 284 g/mol. The summed E-state index contributed by atoms with van der Waals surface area (Å²) in [7, 11) is 0. The van der Waals surface area contributed by atoms with Crippen LogP contribution >= 0.6 is 23.4 Å². The maximum absolute atomic E-state index is 11.9. The lowest BCUT2D eigenvalue weighted by atomic mass is 10.0. The maximum atomic E-state index is 11.9. The largest absolute Gasteiger partial charge is 0.348 e. The molecular weight excluding hydrogens is 268 g/mol. The van der Waals surface area contributed by atoms with Gasteiger partial charge in [-0.25, -0.2) is 0 Å². The minimum Gasteiger partial charge on any atom is -0.348 e. The average Bonchev–Trinajstić information content (AvgIpc) is 2.38. The molecule has 0 aromatic heterocycles. The summed E-state index contributed by atoms with van der Waals surface area (Å²) in [6.07, 6.45) is 1.57. The molecule has 1 aromatic carbocycles. The number of rotatable bonds is 3. The van der Waals surface area contributed by atoms with Crippen molar-refractivity contribution in [3.05, 3.63) is 28.8 Å². The normalized spacial score (nSPS) is 20.1. The predicted octanol–water partition coefficient (Wildman–Crippen LogP) is 2.73. The maximum Gasteiger partial charge on any atom is 0.237 e. The summed E-state index contributed by atoms with van der Waals surface area (Å²) in [5, 5.41) is 3.72. The summed E-state index contributed by atoms with van der Waals surface area (Å²) in [6, 6.07) is 5.44. The number of hydrogen-bond acceptors (Lipinski definition) is 3. The molecule has 3 nitrogen and oxygen atoms in total. The highest BCUT2D eigenvalue weighted by Crippen LogP contribution is 2.37. The molecule has 1 aliphatic heterocycles. The number of nitrogens with two attached hydrogens (primary N) is 1. The predicted molar refractivity (Wildman–Crippen MR) is 75.9 cm³/mol. The van der Waals surface area contributed by atoms with Gasteiger partial charge in [0, 0.05) is 15.7 Å². The summed E-state index contributed by atoms with van der Waals surface area (Å²) < 4.78 is 0. The summed E-state index contributed by atoms with van der Waals surface area (Å²) in [4.78, 5) is 13.1. The van der Waals surface area contributed by atoms with Gasteiger partial charge in [-0.15, -0.1) is 11.8 Å². The van der Waals surface area contributed by atoms with Crippen LogP contribution < -0.4 is 11.1 Å². The van der Waals surface area contributed by atoms with Gasteiger partial charge in [0.1, 0.15) is 0 Å². The number of carbonyl (C=O) groups is 1. The van der Waals surface area contributed by atoms with E-state index in [1.54, 1.807) is 11.8 Å². The van der Waals surface area contributed by atoms with E-state index >= 15 is 0 Å². The third kappa shape index (κ3) is 2.99. The molecule has 5 heteroatoms. The van der Waals surface area contributed by atoms with E-state index in [2.05, 4.69) is 5.32 Å². The van der Waals surface area contributed by atoms with Crippen LogP contribution in [-0.4, -0.2) is 17.7 Å². The van der Waals surface area contributed by atoms with Crippen LogP contribution in [0.15, 0.2) is 23.1 Å². The Hall–Kier alpha value is -0.710. The van der Waals surface area contributed by atoms with Crippen molar-refractivity contribution in [1.82, 2.24) is 5.32 Å². The fourth-order valence-corrected chi connectivity index (χ4v) is 3.27. The van der Waals surface area contributed by atoms with E-state index in [4.69, 9.17) is 17.3 Å². The molecule has 0 fully saturated rings. The molecule has 0 saturated heterocycles. The van der Waals surface area contributed by atoms with E-state index in [9.17, 15) is 4.79 Å². The van der Waals surface area contributed by atoms with Crippen LogP contribution in [-0.2, 0) is 4.79 Å². The van der Waals surface area contributed by atoms with Crippen LogP contribution in [0.5, 0.6) is 0 Å². The third-order valence-electron chi connectivity index (χ3n) is 3.10. The summed E-state index contributed by atoms with van der Waals surface area (Å²) in [5.41, 5.74) is 6.85. The van der Waals surface area contributed by atoms with E-state index < -0.39 is 6.04 Å². The van der Waals surface area contributed by atoms with E-state index in [1.165, 1.54) is 4.90 Å². The van der Waals surface area contributed by atoms with E-state index in [-0.39, 0.29) is 11.9 Å².